The summed E-state index contributed by atoms with van der Waals surface area (Å²) in [5.74, 6) is 0.0804. The minimum Gasteiger partial charge on any atom is -0.370 e. The first-order valence-electron chi connectivity index (χ1n) is 6.69. The molecule has 1 aromatic heterocycles. The van der Waals surface area contributed by atoms with Crippen LogP contribution < -0.4 is 0 Å². The van der Waals surface area contributed by atoms with Gasteiger partial charge >= 0.3 is 0 Å². The second-order valence-corrected chi connectivity index (χ2v) is 5.14. The second-order valence-electron chi connectivity index (χ2n) is 5.14. The highest BCUT2D eigenvalue weighted by Gasteiger charge is 2.42. The predicted octanol–water partition coefficient (Wildman–Crippen LogP) is 3.38. The first-order chi connectivity index (χ1) is 9.27. The van der Waals surface area contributed by atoms with Crippen LogP contribution in [0.4, 0.5) is 0 Å². The fraction of sp³-hybridized carbons (Fsp3) is 0.375. The van der Waals surface area contributed by atoms with Gasteiger partial charge in [0, 0.05) is 30.5 Å². The van der Waals surface area contributed by atoms with Crippen LogP contribution in [0.15, 0.2) is 36.7 Å². The number of fused-ring (bicyclic) bond motifs is 1. The minimum atomic E-state index is -0.633. The van der Waals surface area contributed by atoms with Crippen molar-refractivity contribution in [2.45, 2.75) is 31.3 Å². The Morgan fingerprint density at radius 1 is 1.21 bits per heavy atom. The van der Waals surface area contributed by atoms with Gasteiger partial charge in [0.2, 0.25) is 0 Å². The lowest BCUT2D eigenvalue weighted by Crippen LogP contribution is -2.37. The Balaban J connectivity index is 2.11. The molecular weight excluding hydrogens is 238 g/mol. The van der Waals surface area contributed by atoms with E-state index in [1.807, 2.05) is 24.3 Å². The normalized spacial score (nSPS) is 17.7. The van der Waals surface area contributed by atoms with E-state index < -0.39 is 5.60 Å². The van der Waals surface area contributed by atoms with Crippen molar-refractivity contribution in [2.75, 3.05) is 7.11 Å². The second kappa shape index (κ2) is 4.74. The Labute approximate surface area is 112 Å². The number of aromatic nitrogens is 1. The highest BCUT2D eigenvalue weighted by atomic mass is 16.5. The van der Waals surface area contributed by atoms with Crippen molar-refractivity contribution in [2.24, 2.45) is 0 Å². The molecule has 0 spiro atoms. The topological polar surface area (TPSA) is 39.2 Å². The average Bonchev–Trinajstić information content (AvgIpc) is 2.96. The maximum atomic E-state index is 12.8. The van der Waals surface area contributed by atoms with E-state index in [1.54, 1.807) is 19.5 Å². The van der Waals surface area contributed by atoms with Crippen LogP contribution in [-0.4, -0.2) is 23.5 Å². The largest absolute Gasteiger partial charge is 0.370 e. The fourth-order valence-electron chi connectivity index (χ4n) is 3.01. The number of hydrogen-bond donors (Lipinski definition) is 0. The van der Waals surface area contributed by atoms with E-state index in [2.05, 4.69) is 4.98 Å². The molecule has 0 radical (unpaired) electrons. The molecule has 1 aliphatic carbocycles. The highest BCUT2D eigenvalue weighted by Crippen LogP contribution is 2.36. The Bertz CT molecular complexity index is 610. The fourth-order valence-corrected chi connectivity index (χ4v) is 3.01. The van der Waals surface area contributed by atoms with Gasteiger partial charge in [-0.2, -0.15) is 0 Å². The molecule has 3 heteroatoms. The average molecular weight is 255 g/mol. The van der Waals surface area contributed by atoms with Gasteiger partial charge < -0.3 is 4.74 Å². The molecule has 0 amide bonds. The molecule has 19 heavy (non-hydrogen) atoms. The first kappa shape index (κ1) is 12.3. The number of rotatable bonds is 3. The number of carbonyl (C=O) groups is 1. The van der Waals surface area contributed by atoms with Crippen LogP contribution in [0.5, 0.6) is 0 Å². The smallest absolute Gasteiger partial charge is 0.196 e. The monoisotopic (exact) mass is 255 g/mol. The molecule has 0 saturated heterocycles. The number of nitrogens with zero attached hydrogens (tertiary/aromatic N) is 1. The Morgan fingerprint density at radius 3 is 2.68 bits per heavy atom. The zero-order valence-electron chi connectivity index (χ0n) is 11.1. The van der Waals surface area contributed by atoms with E-state index in [-0.39, 0.29) is 5.78 Å². The molecule has 1 heterocycles. The number of carbonyl (C=O) groups excluding carboxylic acids is 1. The van der Waals surface area contributed by atoms with Crippen molar-refractivity contribution in [3.05, 3.63) is 42.2 Å². The molecule has 3 rings (SSSR count). The van der Waals surface area contributed by atoms with Gasteiger partial charge in [-0.3, -0.25) is 9.78 Å². The standard InChI is InChI=1S/C16H17NO2/c1-19-16(8-4-5-9-16)15(18)14-11-17-10-12-6-2-3-7-13(12)14/h2-3,6-7,10-11H,4-5,8-9H2,1H3. The molecule has 1 fully saturated rings. The maximum absolute atomic E-state index is 12.8. The van der Waals surface area contributed by atoms with Crippen molar-refractivity contribution in [3.8, 4) is 0 Å². The van der Waals surface area contributed by atoms with E-state index in [9.17, 15) is 4.79 Å². The van der Waals surface area contributed by atoms with Gasteiger partial charge in [0.1, 0.15) is 5.60 Å². The van der Waals surface area contributed by atoms with Crippen LogP contribution >= 0.6 is 0 Å². The van der Waals surface area contributed by atoms with Crippen molar-refractivity contribution in [1.29, 1.82) is 0 Å². The zero-order valence-corrected chi connectivity index (χ0v) is 11.1. The summed E-state index contributed by atoms with van der Waals surface area (Å²) in [6, 6.07) is 7.86. The summed E-state index contributed by atoms with van der Waals surface area (Å²) < 4.78 is 5.59. The van der Waals surface area contributed by atoms with Gasteiger partial charge in [0.05, 0.1) is 0 Å². The lowest BCUT2D eigenvalue weighted by atomic mass is 9.89. The van der Waals surface area contributed by atoms with Crippen LogP contribution in [0.2, 0.25) is 0 Å². The summed E-state index contributed by atoms with van der Waals surface area (Å²) in [6.07, 6.45) is 7.19. The van der Waals surface area contributed by atoms with Crippen LogP contribution in [0.25, 0.3) is 10.8 Å². The summed E-state index contributed by atoms with van der Waals surface area (Å²) in [6.45, 7) is 0. The van der Waals surface area contributed by atoms with Crippen molar-refractivity contribution >= 4 is 16.6 Å². The van der Waals surface area contributed by atoms with E-state index in [1.165, 1.54) is 0 Å². The van der Waals surface area contributed by atoms with Crippen molar-refractivity contribution in [3.63, 3.8) is 0 Å². The first-order valence-corrected chi connectivity index (χ1v) is 6.69. The molecule has 0 N–H and O–H groups in total. The third-order valence-electron chi connectivity index (χ3n) is 4.13. The van der Waals surface area contributed by atoms with E-state index in [0.717, 1.165) is 36.5 Å². The number of Topliss-reactive ketones (excluding diaryl/α,β-unsaturated/α-hetero) is 1. The van der Waals surface area contributed by atoms with E-state index >= 15 is 0 Å². The number of methoxy groups -OCH3 is 1. The quantitative estimate of drug-likeness (QED) is 0.789. The summed E-state index contributed by atoms with van der Waals surface area (Å²) in [5.41, 5.74) is 0.0491. The maximum Gasteiger partial charge on any atom is 0.196 e. The van der Waals surface area contributed by atoms with E-state index in [4.69, 9.17) is 4.74 Å². The lowest BCUT2D eigenvalue weighted by Gasteiger charge is -2.26. The molecule has 2 aromatic rings. The summed E-state index contributed by atoms with van der Waals surface area (Å²) in [4.78, 5) is 17.0. The van der Waals surface area contributed by atoms with Gasteiger partial charge in [-0.05, 0) is 31.1 Å². The molecule has 0 aliphatic heterocycles. The Hall–Kier alpha value is -1.74. The summed E-state index contributed by atoms with van der Waals surface area (Å²) in [7, 11) is 1.64. The van der Waals surface area contributed by atoms with Gasteiger partial charge in [0.15, 0.2) is 5.78 Å². The lowest BCUT2D eigenvalue weighted by molar-refractivity contribution is 0.00614. The molecule has 3 nitrogen and oxygen atoms in total. The number of ketones is 1. The number of benzene rings is 1. The Kier molecular flexibility index (Phi) is 3.07. The SMILES string of the molecule is COC1(C(=O)c2cncc3ccccc23)CCCC1. The third kappa shape index (κ3) is 1.94. The van der Waals surface area contributed by atoms with Crippen LogP contribution in [-0.2, 0) is 4.74 Å². The van der Waals surface area contributed by atoms with Crippen molar-refractivity contribution in [1.82, 2.24) is 4.98 Å². The number of hydrogen-bond acceptors (Lipinski definition) is 3. The summed E-state index contributed by atoms with van der Waals surface area (Å²) >= 11 is 0. The van der Waals surface area contributed by atoms with Gasteiger partial charge in [-0.15, -0.1) is 0 Å². The molecule has 1 aliphatic rings. The Morgan fingerprint density at radius 2 is 1.95 bits per heavy atom. The van der Waals surface area contributed by atoms with Gasteiger partial charge in [-0.25, -0.2) is 0 Å². The molecule has 0 atom stereocenters. The molecule has 0 bridgehead atoms. The molecule has 0 unspecified atom stereocenters. The molecule has 1 saturated carbocycles. The zero-order chi connectivity index (χ0) is 13.3. The number of ether oxygens (including phenoxy) is 1. The molecular formula is C16H17NO2. The van der Waals surface area contributed by atoms with Crippen LogP contribution in [0.1, 0.15) is 36.0 Å². The third-order valence-corrected chi connectivity index (χ3v) is 4.13. The predicted molar refractivity (Wildman–Crippen MR) is 74.3 cm³/mol. The van der Waals surface area contributed by atoms with Gasteiger partial charge in [-0.1, -0.05) is 24.3 Å². The van der Waals surface area contributed by atoms with Gasteiger partial charge in [0.25, 0.3) is 0 Å². The minimum absolute atomic E-state index is 0.0804. The van der Waals surface area contributed by atoms with Crippen LogP contribution in [0, 0.1) is 0 Å². The molecule has 98 valence electrons. The summed E-state index contributed by atoms with van der Waals surface area (Å²) in [5, 5.41) is 1.96. The van der Waals surface area contributed by atoms with E-state index in [0.29, 0.717) is 5.56 Å². The van der Waals surface area contributed by atoms with Crippen LogP contribution in [0.3, 0.4) is 0 Å². The highest BCUT2D eigenvalue weighted by molar-refractivity contribution is 6.11. The van der Waals surface area contributed by atoms with Crippen molar-refractivity contribution < 1.29 is 9.53 Å². The number of pyridine rings is 1. The molecule has 1 aromatic carbocycles.